The van der Waals surface area contributed by atoms with E-state index < -0.39 is 0 Å². The van der Waals surface area contributed by atoms with Crippen LogP contribution in [0.15, 0.2) is 23.0 Å². The normalized spacial score (nSPS) is 16.2. The predicted octanol–water partition coefficient (Wildman–Crippen LogP) is 2.66. The molecule has 0 N–H and O–H groups in total. The van der Waals surface area contributed by atoms with Crippen LogP contribution in [0.3, 0.4) is 0 Å². The van der Waals surface area contributed by atoms with E-state index in [0.29, 0.717) is 0 Å². The van der Waals surface area contributed by atoms with Crippen molar-refractivity contribution in [2.24, 2.45) is 0 Å². The minimum atomic E-state index is 0.0617. The maximum absolute atomic E-state index is 12.3. The van der Waals surface area contributed by atoms with Crippen molar-refractivity contribution < 1.29 is 4.79 Å². The molecule has 7 heteroatoms. The molecule has 1 fully saturated rings. The van der Waals surface area contributed by atoms with Gasteiger partial charge < -0.3 is 9.80 Å². The molecule has 0 saturated carbocycles. The first-order valence-electron chi connectivity index (χ1n) is 7.26. The van der Waals surface area contributed by atoms with Gasteiger partial charge in [-0.25, -0.2) is 9.97 Å². The van der Waals surface area contributed by atoms with Gasteiger partial charge in [-0.05, 0) is 19.4 Å². The van der Waals surface area contributed by atoms with E-state index in [1.54, 1.807) is 34.8 Å². The Balaban J connectivity index is 1.58. The number of amides is 1. The SMILES string of the molecule is Cc1nc(/C=C/C(=O)N2CCCN(c3nccs3)CC2)cs1. The highest BCUT2D eigenvalue weighted by Crippen LogP contribution is 2.19. The maximum atomic E-state index is 12.3. The van der Waals surface area contributed by atoms with Crippen molar-refractivity contribution in [2.45, 2.75) is 13.3 Å². The van der Waals surface area contributed by atoms with Crippen LogP contribution in [0.1, 0.15) is 17.1 Å². The Morgan fingerprint density at radius 2 is 2.18 bits per heavy atom. The van der Waals surface area contributed by atoms with Gasteiger partial charge in [0.25, 0.3) is 0 Å². The smallest absolute Gasteiger partial charge is 0.246 e. The lowest BCUT2D eigenvalue weighted by molar-refractivity contribution is -0.125. The summed E-state index contributed by atoms with van der Waals surface area (Å²) in [7, 11) is 0. The van der Waals surface area contributed by atoms with E-state index >= 15 is 0 Å². The summed E-state index contributed by atoms with van der Waals surface area (Å²) >= 11 is 3.24. The monoisotopic (exact) mass is 334 g/mol. The van der Waals surface area contributed by atoms with E-state index in [1.165, 1.54) is 0 Å². The molecule has 0 aromatic carbocycles. The number of hydrogen-bond donors (Lipinski definition) is 0. The van der Waals surface area contributed by atoms with Gasteiger partial charge in [0, 0.05) is 49.2 Å². The number of aryl methyl sites for hydroxylation is 1. The van der Waals surface area contributed by atoms with Gasteiger partial charge in [-0.2, -0.15) is 0 Å². The minimum Gasteiger partial charge on any atom is -0.346 e. The van der Waals surface area contributed by atoms with E-state index in [4.69, 9.17) is 0 Å². The van der Waals surface area contributed by atoms with Crippen LogP contribution in [0.2, 0.25) is 0 Å². The first kappa shape index (κ1) is 15.2. The molecule has 1 amide bonds. The second-order valence-corrected chi connectivity index (χ2v) is 7.04. The number of rotatable bonds is 3. The third-order valence-corrected chi connectivity index (χ3v) is 5.15. The summed E-state index contributed by atoms with van der Waals surface area (Å²) < 4.78 is 0. The summed E-state index contributed by atoms with van der Waals surface area (Å²) in [5.41, 5.74) is 0.857. The lowest BCUT2D eigenvalue weighted by Gasteiger charge is -2.20. The highest BCUT2D eigenvalue weighted by molar-refractivity contribution is 7.13. The van der Waals surface area contributed by atoms with Crippen LogP contribution in [0, 0.1) is 6.92 Å². The number of aromatic nitrogens is 2. The molecule has 2 aromatic heterocycles. The molecule has 3 rings (SSSR count). The average Bonchev–Trinajstić information content (AvgIpc) is 3.12. The van der Waals surface area contributed by atoms with Crippen LogP contribution < -0.4 is 4.90 Å². The Hall–Kier alpha value is -1.73. The van der Waals surface area contributed by atoms with Gasteiger partial charge in [-0.3, -0.25) is 4.79 Å². The molecule has 116 valence electrons. The van der Waals surface area contributed by atoms with Crippen LogP contribution in [0.4, 0.5) is 5.13 Å². The molecule has 1 aliphatic rings. The van der Waals surface area contributed by atoms with Crippen LogP contribution >= 0.6 is 22.7 Å². The van der Waals surface area contributed by atoms with E-state index in [1.807, 2.05) is 28.8 Å². The lowest BCUT2D eigenvalue weighted by atomic mass is 10.3. The Morgan fingerprint density at radius 3 is 2.91 bits per heavy atom. The Labute approximate surface area is 137 Å². The van der Waals surface area contributed by atoms with Crippen LogP contribution in [-0.4, -0.2) is 47.0 Å². The van der Waals surface area contributed by atoms with Crippen molar-refractivity contribution in [1.29, 1.82) is 0 Å². The molecule has 22 heavy (non-hydrogen) atoms. The molecule has 0 atom stereocenters. The van der Waals surface area contributed by atoms with Crippen LogP contribution in [-0.2, 0) is 4.79 Å². The van der Waals surface area contributed by atoms with Gasteiger partial charge in [-0.1, -0.05) is 0 Å². The molecule has 0 unspecified atom stereocenters. The topological polar surface area (TPSA) is 49.3 Å². The van der Waals surface area contributed by atoms with Crippen molar-refractivity contribution in [3.8, 4) is 0 Å². The first-order valence-corrected chi connectivity index (χ1v) is 9.02. The number of anilines is 1. The number of thiazole rings is 2. The van der Waals surface area contributed by atoms with Crippen molar-refractivity contribution in [2.75, 3.05) is 31.1 Å². The van der Waals surface area contributed by atoms with Gasteiger partial charge in [0.1, 0.15) is 0 Å². The summed E-state index contributed by atoms with van der Waals surface area (Å²) in [6.45, 7) is 5.28. The fourth-order valence-electron chi connectivity index (χ4n) is 2.42. The van der Waals surface area contributed by atoms with E-state index in [0.717, 1.165) is 48.4 Å². The average molecular weight is 334 g/mol. The van der Waals surface area contributed by atoms with E-state index in [-0.39, 0.29) is 5.91 Å². The van der Waals surface area contributed by atoms with Crippen molar-refractivity contribution >= 4 is 39.8 Å². The number of nitrogens with zero attached hydrogens (tertiary/aromatic N) is 4. The maximum Gasteiger partial charge on any atom is 0.246 e. The Bertz CT molecular complexity index is 650. The summed E-state index contributed by atoms with van der Waals surface area (Å²) in [5.74, 6) is 0.0617. The summed E-state index contributed by atoms with van der Waals surface area (Å²) in [6, 6.07) is 0. The minimum absolute atomic E-state index is 0.0617. The van der Waals surface area contributed by atoms with Crippen molar-refractivity contribution in [1.82, 2.24) is 14.9 Å². The summed E-state index contributed by atoms with van der Waals surface area (Å²) in [5, 5.41) is 6.01. The van der Waals surface area contributed by atoms with Crippen LogP contribution in [0.25, 0.3) is 6.08 Å². The van der Waals surface area contributed by atoms with Gasteiger partial charge >= 0.3 is 0 Å². The Morgan fingerprint density at radius 1 is 1.27 bits per heavy atom. The number of carbonyl (C=O) groups excluding carboxylic acids is 1. The molecule has 0 bridgehead atoms. The lowest BCUT2D eigenvalue weighted by Crippen LogP contribution is -2.34. The highest BCUT2D eigenvalue weighted by atomic mass is 32.1. The second kappa shape index (κ2) is 7.02. The van der Waals surface area contributed by atoms with E-state index in [2.05, 4.69) is 14.9 Å². The molecule has 5 nitrogen and oxygen atoms in total. The molecular formula is C15H18N4OS2. The van der Waals surface area contributed by atoms with Crippen molar-refractivity contribution in [3.63, 3.8) is 0 Å². The molecule has 0 radical (unpaired) electrons. The van der Waals surface area contributed by atoms with E-state index in [9.17, 15) is 4.79 Å². The number of carbonyl (C=O) groups is 1. The largest absolute Gasteiger partial charge is 0.346 e. The van der Waals surface area contributed by atoms with Crippen LogP contribution in [0.5, 0.6) is 0 Å². The summed E-state index contributed by atoms with van der Waals surface area (Å²) in [6.07, 6.45) is 6.23. The predicted molar refractivity (Wildman–Crippen MR) is 91.4 cm³/mol. The third kappa shape index (κ3) is 3.72. The second-order valence-electron chi connectivity index (χ2n) is 5.11. The number of hydrogen-bond acceptors (Lipinski definition) is 6. The molecule has 3 heterocycles. The van der Waals surface area contributed by atoms with Gasteiger partial charge in [-0.15, -0.1) is 22.7 Å². The van der Waals surface area contributed by atoms with Crippen molar-refractivity contribution in [3.05, 3.63) is 33.7 Å². The first-order chi connectivity index (χ1) is 10.7. The van der Waals surface area contributed by atoms with Gasteiger partial charge in [0.15, 0.2) is 5.13 Å². The zero-order valence-corrected chi connectivity index (χ0v) is 14.1. The zero-order valence-electron chi connectivity index (χ0n) is 12.4. The van der Waals surface area contributed by atoms with Gasteiger partial charge in [0.2, 0.25) is 5.91 Å². The fourth-order valence-corrected chi connectivity index (χ4v) is 3.70. The third-order valence-electron chi connectivity index (χ3n) is 3.53. The molecule has 2 aromatic rings. The molecular weight excluding hydrogens is 316 g/mol. The standard InChI is InChI=1S/C15H18N4OS2/c1-12-17-13(11-22-12)3-4-14(20)18-6-2-7-19(9-8-18)15-16-5-10-21-15/h3-5,10-11H,2,6-9H2,1H3/b4-3+. The zero-order chi connectivity index (χ0) is 15.4. The highest BCUT2D eigenvalue weighted by Gasteiger charge is 2.18. The Kier molecular flexibility index (Phi) is 4.84. The molecule has 1 saturated heterocycles. The van der Waals surface area contributed by atoms with Gasteiger partial charge in [0.05, 0.1) is 10.7 Å². The fraction of sp³-hybridized carbons (Fsp3) is 0.400. The molecule has 0 spiro atoms. The molecule has 0 aliphatic carbocycles. The summed E-state index contributed by atoms with van der Waals surface area (Å²) in [4.78, 5) is 25.2. The molecule has 1 aliphatic heterocycles. The quantitative estimate of drug-likeness (QED) is 0.810.